The van der Waals surface area contributed by atoms with E-state index in [4.69, 9.17) is 0 Å². The zero-order valence-electron chi connectivity index (χ0n) is 13.5. The molecule has 3 atom stereocenters. The van der Waals surface area contributed by atoms with Crippen molar-refractivity contribution in [1.82, 2.24) is 0 Å². The van der Waals surface area contributed by atoms with Crippen molar-refractivity contribution in [3.05, 3.63) is 86.4 Å². The van der Waals surface area contributed by atoms with Gasteiger partial charge in [-0.2, -0.15) is 0 Å². The van der Waals surface area contributed by atoms with E-state index in [1.807, 2.05) is 60.7 Å². The second-order valence-electron chi connectivity index (χ2n) is 6.26. The minimum atomic E-state index is -0.793. The summed E-state index contributed by atoms with van der Waals surface area (Å²) in [6, 6.07) is 16.8. The van der Waals surface area contributed by atoms with Crippen molar-refractivity contribution < 1.29 is 9.72 Å². The highest BCUT2D eigenvalue weighted by atomic mass is 79.9. The van der Waals surface area contributed by atoms with Crippen LogP contribution in [-0.2, 0) is 4.79 Å². The van der Waals surface area contributed by atoms with Gasteiger partial charge in [0, 0.05) is 15.8 Å². The summed E-state index contributed by atoms with van der Waals surface area (Å²) in [4.78, 5) is 22.7. The quantitative estimate of drug-likeness (QED) is 0.409. The van der Waals surface area contributed by atoms with Gasteiger partial charge in [0.25, 0.3) is 0 Å². The van der Waals surface area contributed by atoms with Crippen molar-refractivity contribution in [3.8, 4) is 0 Å². The molecule has 4 nitrogen and oxygen atoms in total. The highest BCUT2D eigenvalue weighted by Gasteiger charge is 2.42. The van der Waals surface area contributed by atoms with Crippen LogP contribution in [0.25, 0.3) is 5.57 Å². The standard InChI is InChI=1S/C20H18BrNO3/c21-18-8-6-15(7-9-18)19-13-17(14-4-2-1-3-5-14)12-16(10-11-23)20(19)22(24)25/h1-9,11-12,16,19-20H,10,13H2/t16-,19-,20+/m1/s1. The summed E-state index contributed by atoms with van der Waals surface area (Å²) in [7, 11) is 0. The van der Waals surface area contributed by atoms with E-state index in [0.717, 1.165) is 27.5 Å². The summed E-state index contributed by atoms with van der Waals surface area (Å²) in [5, 5.41) is 11.8. The number of carbonyl (C=O) groups is 1. The van der Waals surface area contributed by atoms with Gasteiger partial charge in [0.15, 0.2) is 0 Å². The Labute approximate surface area is 154 Å². The first-order valence-corrected chi connectivity index (χ1v) is 8.98. The molecule has 0 radical (unpaired) electrons. The minimum absolute atomic E-state index is 0.162. The smallest absolute Gasteiger partial charge is 0.226 e. The van der Waals surface area contributed by atoms with Crippen LogP contribution in [0.5, 0.6) is 0 Å². The topological polar surface area (TPSA) is 60.2 Å². The number of benzene rings is 2. The number of hydrogen-bond donors (Lipinski definition) is 0. The molecule has 0 bridgehead atoms. The van der Waals surface area contributed by atoms with Crippen molar-refractivity contribution in [2.45, 2.75) is 24.8 Å². The molecule has 0 fully saturated rings. The number of hydrogen-bond acceptors (Lipinski definition) is 3. The second kappa shape index (κ2) is 7.74. The summed E-state index contributed by atoms with van der Waals surface area (Å²) >= 11 is 3.41. The second-order valence-corrected chi connectivity index (χ2v) is 7.18. The highest BCUT2D eigenvalue weighted by Crippen LogP contribution is 2.42. The maximum absolute atomic E-state index is 11.8. The molecular weight excluding hydrogens is 382 g/mol. The fraction of sp³-hybridized carbons (Fsp3) is 0.250. The monoisotopic (exact) mass is 399 g/mol. The van der Waals surface area contributed by atoms with Crippen molar-refractivity contribution in [1.29, 1.82) is 0 Å². The van der Waals surface area contributed by atoms with Crippen molar-refractivity contribution in [2.75, 3.05) is 0 Å². The highest BCUT2D eigenvalue weighted by molar-refractivity contribution is 9.10. The van der Waals surface area contributed by atoms with Gasteiger partial charge in [-0.3, -0.25) is 10.1 Å². The molecule has 3 rings (SSSR count). The first-order chi connectivity index (χ1) is 12.1. The Morgan fingerprint density at radius 2 is 1.80 bits per heavy atom. The van der Waals surface area contributed by atoms with Crippen molar-refractivity contribution >= 4 is 27.8 Å². The molecule has 2 aromatic carbocycles. The van der Waals surface area contributed by atoms with Gasteiger partial charge in [0.2, 0.25) is 6.04 Å². The zero-order chi connectivity index (χ0) is 17.8. The van der Waals surface area contributed by atoms with Gasteiger partial charge in [-0.15, -0.1) is 0 Å². The molecular formula is C20H18BrNO3. The van der Waals surface area contributed by atoms with E-state index in [0.29, 0.717) is 6.42 Å². The van der Waals surface area contributed by atoms with Gasteiger partial charge in [-0.1, -0.05) is 64.5 Å². The Morgan fingerprint density at radius 1 is 1.12 bits per heavy atom. The summed E-state index contributed by atoms with van der Waals surface area (Å²) in [6.07, 6.45) is 3.46. The normalized spacial score (nSPS) is 22.9. The fourth-order valence-corrected chi connectivity index (χ4v) is 3.86. The van der Waals surface area contributed by atoms with Crippen LogP contribution in [0.15, 0.2) is 65.1 Å². The average Bonchev–Trinajstić information content (AvgIpc) is 2.62. The molecule has 1 aliphatic rings. The van der Waals surface area contributed by atoms with Gasteiger partial charge in [0.1, 0.15) is 6.29 Å². The van der Waals surface area contributed by atoms with E-state index >= 15 is 0 Å². The lowest BCUT2D eigenvalue weighted by Crippen LogP contribution is -2.37. The van der Waals surface area contributed by atoms with E-state index in [1.54, 1.807) is 0 Å². The minimum Gasteiger partial charge on any atom is -0.303 e. The Morgan fingerprint density at radius 3 is 2.40 bits per heavy atom. The Balaban J connectivity index is 2.05. The lowest BCUT2D eigenvalue weighted by molar-refractivity contribution is -0.534. The van der Waals surface area contributed by atoms with Crippen LogP contribution >= 0.6 is 15.9 Å². The number of carbonyl (C=O) groups excluding carboxylic acids is 1. The molecule has 0 spiro atoms. The molecule has 0 heterocycles. The lowest BCUT2D eigenvalue weighted by atomic mass is 9.72. The molecule has 0 unspecified atom stereocenters. The van der Waals surface area contributed by atoms with Gasteiger partial charge >= 0.3 is 0 Å². The van der Waals surface area contributed by atoms with Crippen molar-refractivity contribution in [3.63, 3.8) is 0 Å². The van der Waals surface area contributed by atoms with Crippen LogP contribution in [-0.4, -0.2) is 17.3 Å². The molecule has 128 valence electrons. The van der Waals surface area contributed by atoms with Crippen LogP contribution in [0.2, 0.25) is 0 Å². The van der Waals surface area contributed by atoms with Gasteiger partial charge < -0.3 is 4.79 Å². The van der Waals surface area contributed by atoms with Crippen LogP contribution in [0.4, 0.5) is 0 Å². The first-order valence-electron chi connectivity index (χ1n) is 8.19. The molecule has 25 heavy (non-hydrogen) atoms. The predicted octanol–water partition coefficient (Wildman–Crippen LogP) is 4.87. The van der Waals surface area contributed by atoms with Crippen LogP contribution in [0.1, 0.15) is 29.9 Å². The first kappa shape index (κ1) is 17.5. The van der Waals surface area contributed by atoms with Gasteiger partial charge in [0.05, 0.1) is 11.8 Å². The third-order valence-corrected chi connectivity index (χ3v) is 5.29. The van der Waals surface area contributed by atoms with Crippen LogP contribution in [0.3, 0.4) is 0 Å². The number of nitrogens with zero attached hydrogens (tertiary/aromatic N) is 1. The van der Waals surface area contributed by atoms with Gasteiger partial charge in [-0.05, 0) is 35.3 Å². The Kier molecular flexibility index (Phi) is 5.43. The van der Waals surface area contributed by atoms with Gasteiger partial charge in [-0.25, -0.2) is 0 Å². The molecule has 0 saturated carbocycles. The number of rotatable bonds is 5. The molecule has 5 heteroatoms. The predicted molar refractivity (Wildman–Crippen MR) is 101 cm³/mol. The third kappa shape index (κ3) is 3.87. The van der Waals surface area contributed by atoms with Crippen molar-refractivity contribution in [2.24, 2.45) is 5.92 Å². The maximum atomic E-state index is 11.8. The summed E-state index contributed by atoms with van der Waals surface area (Å²) < 4.78 is 0.938. The largest absolute Gasteiger partial charge is 0.303 e. The molecule has 0 aromatic heterocycles. The Bertz CT molecular complexity index is 786. The number of allylic oxidation sites excluding steroid dienone is 1. The average molecular weight is 400 g/mol. The van der Waals surface area contributed by atoms with E-state index in [1.165, 1.54) is 0 Å². The SMILES string of the molecule is O=CC[C@@H]1C=C(c2ccccc2)C[C@H](c2ccc(Br)cc2)[C@H]1[N+](=O)[O-]. The van der Waals surface area contributed by atoms with Crippen LogP contribution in [0, 0.1) is 16.0 Å². The Hall–Kier alpha value is -2.27. The zero-order valence-corrected chi connectivity index (χ0v) is 15.1. The van der Waals surface area contributed by atoms with E-state index in [9.17, 15) is 14.9 Å². The molecule has 1 aliphatic carbocycles. The molecule has 0 saturated heterocycles. The molecule has 2 aromatic rings. The summed E-state index contributed by atoms with van der Waals surface area (Å²) in [6.45, 7) is 0. The molecule has 0 N–H and O–H groups in total. The molecule has 0 amide bonds. The maximum Gasteiger partial charge on any atom is 0.226 e. The summed E-state index contributed by atoms with van der Waals surface area (Å²) in [5.41, 5.74) is 3.06. The molecule has 0 aliphatic heterocycles. The summed E-state index contributed by atoms with van der Waals surface area (Å²) in [5.74, 6) is -0.654. The van der Waals surface area contributed by atoms with E-state index < -0.39 is 12.0 Å². The number of halogens is 1. The lowest BCUT2D eigenvalue weighted by Gasteiger charge is -2.31. The van der Waals surface area contributed by atoms with Crippen LogP contribution < -0.4 is 0 Å². The van der Waals surface area contributed by atoms with E-state index in [2.05, 4.69) is 15.9 Å². The number of aldehydes is 1. The third-order valence-electron chi connectivity index (χ3n) is 4.76. The fourth-order valence-electron chi connectivity index (χ4n) is 3.59. The van der Waals surface area contributed by atoms with E-state index in [-0.39, 0.29) is 17.3 Å². The number of nitro groups is 1.